The molecule has 0 saturated heterocycles. The number of rotatable bonds is 2. The maximum absolute atomic E-state index is 12.9. The number of amides is 1. The fraction of sp³-hybridized carbons (Fsp3) is 0.381. The Bertz CT molecular complexity index is 736. The number of aryl methyl sites for hydroxylation is 1. The fourth-order valence-corrected chi connectivity index (χ4v) is 3.28. The van der Waals surface area contributed by atoms with Gasteiger partial charge in [-0.3, -0.25) is 4.90 Å². The van der Waals surface area contributed by atoms with Crippen LogP contribution in [0.4, 0.5) is 10.5 Å². The Hall–Kier alpha value is -2.33. The third-order valence-corrected chi connectivity index (χ3v) is 4.39. The van der Waals surface area contributed by atoms with E-state index in [0.29, 0.717) is 6.42 Å². The van der Waals surface area contributed by atoms with Crippen LogP contribution in [0.2, 0.25) is 0 Å². The molecule has 1 aliphatic rings. The monoisotopic (exact) mass is 339 g/mol. The molecule has 3 rings (SSSR count). The summed E-state index contributed by atoms with van der Waals surface area (Å²) in [7, 11) is 0. The topological polar surface area (TPSA) is 49.8 Å². The van der Waals surface area contributed by atoms with Crippen molar-refractivity contribution < 1.29 is 14.6 Å². The maximum Gasteiger partial charge on any atom is 0.415 e. The highest BCUT2D eigenvalue weighted by Crippen LogP contribution is 2.37. The number of hydrogen-bond donors (Lipinski definition) is 1. The molecule has 25 heavy (non-hydrogen) atoms. The smallest absolute Gasteiger partial charge is 0.415 e. The van der Waals surface area contributed by atoms with Crippen molar-refractivity contribution in [1.29, 1.82) is 0 Å². The molecule has 2 unspecified atom stereocenters. The van der Waals surface area contributed by atoms with Gasteiger partial charge in [0.1, 0.15) is 5.60 Å². The van der Waals surface area contributed by atoms with Crippen LogP contribution in [0.5, 0.6) is 0 Å². The van der Waals surface area contributed by atoms with E-state index in [0.717, 1.165) is 23.2 Å². The number of anilines is 1. The number of nitrogens with zero attached hydrogens (tertiary/aromatic N) is 1. The van der Waals surface area contributed by atoms with Crippen LogP contribution >= 0.6 is 0 Å². The van der Waals surface area contributed by atoms with Gasteiger partial charge in [0, 0.05) is 0 Å². The summed E-state index contributed by atoms with van der Waals surface area (Å²) >= 11 is 0. The summed E-state index contributed by atoms with van der Waals surface area (Å²) < 4.78 is 5.63. The number of hydrogen-bond acceptors (Lipinski definition) is 3. The Morgan fingerprint density at radius 2 is 1.76 bits per heavy atom. The van der Waals surface area contributed by atoms with E-state index in [1.165, 1.54) is 0 Å². The van der Waals surface area contributed by atoms with Crippen LogP contribution in [0.15, 0.2) is 54.6 Å². The molecule has 2 aromatic rings. The second-order valence-corrected chi connectivity index (χ2v) is 7.44. The van der Waals surface area contributed by atoms with Crippen molar-refractivity contribution in [2.24, 2.45) is 0 Å². The largest absolute Gasteiger partial charge is 0.443 e. The highest BCUT2D eigenvalue weighted by atomic mass is 16.6. The Kier molecular flexibility index (Phi) is 4.82. The van der Waals surface area contributed by atoms with E-state index >= 15 is 0 Å². The molecule has 132 valence electrons. The SMILES string of the molecule is CC(C)(C)OC(=O)N1c2ccccc2CCC1C(O)c1ccccc1. The highest BCUT2D eigenvalue weighted by Gasteiger charge is 2.38. The summed E-state index contributed by atoms with van der Waals surface area (Å²) in [6, 6.07) is 17.0. The Morgan fingerprint density at radius 3 is 2.44 bits per heavy atom. The average Bonchev–Trinajstić information content (AvgIpc) is 2.59. The number of para-hydroxylation sites is 1. The number of carbonyl (C=O) groups excluding carboxylic acids is 1. The van der Waals surface area contributed by atoms with Crippen molar-refractivity contribution in [3.63, 3.8) is 0 Å². The minimum Gasteiger partial charge on any atom is -0.443 e. The molecule has 0 spiro atoms. The van der Waals surface area contributed by atoms with Crippen LogP contribution in [0, 0.1) is 0 Å². The molecule has 4 nitrogen and oxygen atoms in total. The van der Waals surface area contributed by atoms with Crippen LogP contribution in [0.1, 0.15) is 44.4 Å². The molecular formula is C21H25NO3. The van der Waals surface area contributed by atoms with Gasteiger partial charge in [0.2, 0.25) is 0 Å². The lowest BCUT2D eigenvalue weighted by Gasteiger charge is -2.40. The van der Waals surface area contributed by atoms with E-state index in [1.54, 1.807) is 4.90 Å². The molecule has 1 N–H and O–H groups in total. The molecule has 0 fully saturated rings. The van der Waals surface area contributed by atoms with Crippen molar-refractivity contribution in [2.75, 3.05) is 4.90 Å². The average molecular weight is 339 g/mol. The predicted octanol–water partition coefficient (Wildman–Crippen LogP) is 4.48. The van der Waals surface area contributed by atoms with E-state index in [1.807, 2.05) is 75.4 Å². The third-order valence-electron chi connectivity index (χ3n) is 4.39. The predicted molar refractivity (Wildman–Crippen MR) is 98.7 cm³/mol. The van der Waals surface area contributed by atoms with Crippen LogP contribution in [-0.4, -0.2) is 22.8 Å². The second kappa shape index (κ2) is 6.89. The van der Waals surface area contributed by atoms with Gasteiger partial charge in [-0.25, -0.2) is 4.79 Å². The maximum atomic E-state index is 12.9. The number of benzene rings is 2. The van der Waals surface area contributed by atoms with Gasteiger partial charge in [-0.1, -0.05) is 48.5 Å². The van der Waals surface area contributed by atoms with Gasteiger partial charge in [0.25, 0.3) is 0 Å². The van der Waals surface area contributed by atoms with Crippen molar-refractivity contribution >= 4 is 11.8 Å². The first-order valence-electron chi connectivity index (χ1n) is 8.70. The van der Waals surface area contributed by atoms with Crippen LogP contribution < -0.4 is 4.90 Å². The summed E-state index contributed by atoms with van der Waals surface area (Å²) in [6.07, 6.45) is 0.331. The molecule has 2 aromatic carbocycles. The summed E-state index contributed by atoms with van der Waals surface area (Å²) in [5.74, 6) is 0. The van der Waals surface area contributed by atoms with Gasteiger partial charge in [0.05, 0.1) is 17.8 Å². The van der Waals surface area contributed by atoms with Crippen LogP contribution in [0.3, 0.4) is 0 Å². The number of fused-ring (bicyclic) bond motifs is 1. The summed E-state index contributed by atoms with van der Waals surface area (Å²) in [5, 5.41) is 10.9. The Balaban J connectivity index is 1.98. The minimum atomic E-state index is -0.762. The van der Waals surface area contributed by atoms with Gasteiger partial charge in [0.15, 0.2) is 0 Å². The first-order valence-corrected chi connectivity index (χ1v) is 8.70. The molecule has 1 heterocycles. The molecule has 0 bridgehead atoms. The summed E-state index contributed by atoms with van der Waals surface area (Å²) in [6.45, 7) is 5.55. The van der Waals surface area contributed by atoms with Crippen molar-refractivity contribution in [1.82, 2.24) is 0 Å². The zero-order valence-electron chi connectivity index (χ0n) is 15.0. The number of aliphatic hydroxyl groups excluding tert-OH is 1. The van der Waals surface area contributed by atoms with Gasteiger partial charge in [-0.15, -0.1) is 0 Å². The molecule has 2 atom stereocenters. The molecule has 0 radical (unpaired) electrons. The third kappa shape index (κ3) is 3.85. The minimum absolute atomic E-state index is 0.354. The Labute approximate surface area is 149 Å². The summed E-state index contributed by atoms with van der Waals surface area (Å²) in [4.78, 5) is 14.5. The molecule has 0 saturated carbocycles. The second-order valence-electron chi connectivity index (χ2n) is 7.44. The lowest BCUT2D eigenvalue weighted by atomic mass is 9.90. The number of carbonyl (C=O) groups is 1. The summed E-state index contributed by atoms with van der Waals surface area (Å²) in [5.41, 5.74) is 2.14. The number of aliphatic hydroxyl groups is 1. The van der Waals surface area contributed by atoms with Crippen molar-refractivity contribution in [2.45, 2.75) is 51.4 Å². The highest BCUT2D eigenvalue weighted by molar-refractivity contribution is 5.90. The van der Waals surface area contributed by atoms with Gasteiger partial charge < -0.3 is 9.84 Å². The molecule has 1 amide bonds. The van der Waals surface area contributed by atoms with E-state index in [4.69, 9.17) is 4.74 Å². The quantitative estimate of drug-likeness (QED) is 0.878. The lowest BCUT2D eigenvalue weighted by Crippen LogP contribution is -2.49. The van der Waals surface area contributed by atoms with E-state index in [9.17, 15) is 9.90 Å². The van der Waals surface area contributed by atoms with E-state index in [-0.39, 0.29) is 6.04 Å². The van der Waals surface area contributed by atoms with E-state index < -0.39 is 17.8 Å². The molecule has 1 aliphatic heterocycles. The van der Waals surface area contributed by atoms with Crippen LogP contribution in [0.25, 0.3) is 0 Å². The fourth-order valence-electron chi connectivity index (χ4n) is 3.28. The standard InChI is InChI=1S/C21H25NO3/c1-21(2,3)25-20(24)22-17-12-8-7-9-15(17)13-14-18(22)19(23)16-10-5-4-6-11-16/h4-12,18-19,23H,13-14H2,1-3H3. The molecular weight excluding hydrogens is 314 g/mol. The number of ether oxygens (including phenoxy) is 1. The first-order chi connectivity index (χ1) is 11.9. The van der Waals surface area contributed by atoms with Gasteiger partial charge in [-0.05, 0) is 50.8 Å². The molecule has 4 heteroatoms. The molecule has 0 aliphatic carbocycles. The van der Waals surface area contributed by atoms with Crippen molar-refractivity contribution in [3.8, 4) is 0 Å². The van der Waals surface area contributed by atoms with Gasteiger partial charge in [-0.2, -0.15) is 0 Å². The normalized spacial score (nSPS) is 18.4. The van der Waals surface area contributed by atoms with E-state index in [2.05, 4.69) is 0 Å². The first kappa shape index (κ1) is 17.5. The zero-order valence-corrected chi connectivity index (χ0v) is 15.0. The Morgan fingerprint density at radius 1 is 1.12 bits per heavy atom. The zero-order chi connectivity index (χ0) is 18.0. The van der Waals surface area contributed by atoms with Gasteiger partial charge >= 0.3 is 6.09 Å². The van der Waals surface area contributed by atoms with Crippen molar-refractivity contribution in [3.05, 3.63) is 65.7 Å². The van der Waals surface area contributed by atoms with Crippen LogP contribution in [-0.2, 0) is 11.2 Å². The molecule has 0 aromatic heterocycles. The lowest BCUT2D eigenvalue weighted by molar-refractivity contribution is 0.0497.